The number of nitrogens with two attached hydrogens (primary N) is 1. The van der Waals surface area contributed by atoms with Crippen molar-refractivity contribution >= 4 is 5.82 Å². The van der Waals surface area contributed by atoms with Gasteiger partial charge in [0.15, 0.2) is 5.82 Å². The molecule has 1 aromatic heterocycles. The molecular weight excluding hydrogens is 226 g/mol. The molecule has 5 heteroatoms. The number of anilines is 1. The molecule has 0 spiro atoms. The van der Waals surface area contributed by atoms with Gasteiger partial charge in [-0.05, 0) is 32.3 Å². The lowest BCUT2D eigenvalue weighted by atomic mass is 10.0. The van der Waals surface area contributed by atoms with E-state index in [-0.39, 0.29) is 5.54 Å². The predicted octanol–water partition coefficient (Wildman–Crippen LogP) is 1.62. The summed E-state index contributed by atoms with van der Waals surface area (Å²) in [5.74, 6) is 0.530. The quantitative estimate of drug-likeness (QED) is 0.825. The van der Waals surface area contributed by atoms with Crippen molar-refractivity contribution in [2.24, 2.45) is 5.73 Å². The van der Waals surface area contributed by atoms with Gasteiger partial charge >= 0.3 is 0 Å². The van der Waals surface area contributed by atoms with E-state index in [2.05, 4.69) is 21.6 Å². The fourth-order valence-corrected chi connectivity index (χ4v) is 1.75. The molecule has 5 nitrogen and oxygen atoms in total. The number of nitrogens with zero attached hydrogens (tertiary/aromatic N) is 3. The molecule has 98 valence electrons. The largest absolute Gasteiger partial charge is 0.361 e. The second kappa shape index (κ2) is 5.78. The Bertz CT molecular complexity index is 459. The minimum absolute atomic E-state index is 0.307. The van der Waals surface area contributed by atoms with Gasteiger partial charge in [-0.2, -0.15) is 10.4 Å². The highest BCUT2D eigenvalue weighted by Crippen LogP contribution is 2.22. The van der Waals surface area contributed by atoms with Crippen molar-refractivity contribution in [1.29, 1.82) is 5.26 Å². The molecule has 0 radical (unpaired) electrons. The van der Waals surface area contributed by atoms with Crippen LogP contribution < -0.4 is 11.1 Å². The predicted molar refractivity (Wildman–Crippen MR) is 72.3 cm³/mol. The lowest BCUT2D eigenvalue weighted by Gasteiger charge is -2.25. The number of nitrogens with one attached hydrogen (secondary N) is 1. The molecule has 3 N–H and O–H groups in total. The van der Waals surface area contributed by atoms with E-state index in [9.17, 15) is 5.26 Å². The van der Waals surface area contributed by atoms with Crippen molar-refractivity contribution in [3.63, 3.8) is 0 Å². The standard InChI is InChI=1S/C13H21N5/c1-5-9-10(7-14)12(16-13(3,4)8-15)18-17-11(9)6-2/h5-6,8,15H2,1-4H3,(H,16,18). The van der Waals surface area contributed by atoms with E-state index in [1.807, 2.05) is 27.7 Å². The second-order valence-electron chi connectivity index (χ2n) is 4.88. The Balaban J connectivity index is 3.26. The Morgan fingerprint density at radius 1 is 1.28 bits per heavy atom. The van der Waals surface area contributed by atoms with Gasteiger partial charge in [-0.1, -0.05) is 13.8 Å². The van der Waals surface area contributed by atoms with E-state index in [1.54, 1.807) is 0 Å². The van der Waals surface area contributed by atoms with Gasteiger partial charge in [0.05, 0.1) is 5.69 Å². The number of nitriles is 1. The molecular formula is C13H21N5. The third kappa shape index (κ3) is 2.96. The average Bonchev–Trinajstić information content (AvgIpc) is 2.37. The first-order valence-corrected chi connectivity index (χ1v) is 6.25. The van der Waals surface area contributed by atoms with Crippen molar-refractivity contribution in [3.05, 3.63) is 16.8 Å². The van der Waals surface area contributed by atoms with Crippen molar-refractivity contribution in [1.82, 2.24) is 10.2 Å². The molecule has 0 fully saturated rings. The van der Waals surface area contributed by atoms with Gasteiger partial charge in [-0.25, -0.2) is 0 Å². The first-order valence-electron chi connectivity index (χ1n) is 6.25. The monoisotopic (exact) mass is 247 g/mol. The Kier molecular flexibility index (Phi) is 4.62. The molecule has 0 aliphatic rings. The maximum atomic E-state index is 9.33. The molecule has 0 aliphatic heterocycles. The Labute approximate surface area is 108 Å². The third-order valence-electron chi connectivity index (χ3n) is 2.92. The normalized spacial score (nSPS) is 11.1. The number of aryl methyl sites for hydroxylation is 1. The van der Waals surface area contributed by atoms with E-state index in [1.165, 1.54) is 0 Å². The summed E-state index contributed by atoms with van der Waals surface area (Å²) in [6.07, 6.45) is 1.56. The summed E-state index contributed by atoms with van der Waals surface area (Å²) in [6, 6.07) is 2.23. The highest BCUT2D eigenvalue weighted by atomic mass is 15.2. The van der Waals surface area contributed by atoms with Crippen LogP contribution in [-0.2, 0) is 12.8 Å². The van der Waals surface area contributed by atoms with Gasteiger partial charge < -0.3 is 11.1 Å². The van der Waals surface area contributed by atoms with Gasteiger partial charge in [0, 0.05) is 12.1 Å². The third-order valence-corrected chi connectivity index (χ3v) is 2.92. The summed E-state index contributed by atoms with van der Waals surface area (Å²) < 4.78 is 0. The van der Waals surface area contributed by atoms with Crippen molar-refractivity contribution in [3.8, 4) is 6.07 Å². The fourth-order valence-electron chi connectivity index (χ4n) is 1.75. The first kappa shape index (κ1) is 14.4. The van der Waals surface area contributed by atoms with Gasteiger partial charge in [0.2, 0.25) is 0 Å². The molecule has 0 amide bonds. The molecule has 1 heterocycles. The van der Waals surface area contributed by atoms with E-state index < -0.39 is 0 Å². The Morgan fingerprint density at radius 2 is 1.94 bits per heavy atom. The molecule has 0 bridgehead atoms. The molecule has 0 atom stereocenters. The molecule has 0 saturated heterocycles. The second-order valence-corrected chi connectivity index (χ2v) is 4.88. The van der Waals surface area contributed by atoms with E-state index in [0.717, 1.165) is 24.1 Å². The zero-order valence-corrected chi connectivity index (χ0v) is 11.5. The summed E-state index contributed by atoms with van der Waals surface area (Å²) in [5.41, 5.74) is 7.83. The van der Waals surface area contributed by atoms with Crippen molar-refractivity contribution in [2.75, 3.05) is 11.9 Å². The van der Waals surface area contributed by atoms with Crippen LogP contribution in [0.3, 0.4) is 0 Å². The summed E-state index contributed by atoms with van der Waals surface area (Å²) in [7, 11) is 0. The molecule has 0 unspecified atom stereocenters. The SMILES string of the molecule is CCc1nnc(NC(C)(C)CN)c(C#N)c1CC. The van der Waals surface area contributed by atoms with Gasteiger partial charge in [0.25, 0.3) is 0 Å². The first-order chi connectivity index (χ1) is 8.49. The van der Waals surface area contributed by atoms with Crippen LogP contribution in [0.1, 0.15) is 44.5 Å². The van der Waals surface area contributed by atoms with Crippen LogP contribution in [0.5, 0.6) is 0 Å². The highest BCUT2D eigenvalue weighted by Gasteiger charge is 2.20. The number of aromatic nitrogens is 2. The maximum Gasteiger partial charge on any atom is 0.167 e. The lowest BCUT2D eigenvalue weighted by molar-refractivity contribution is 0.575. The lowest BCUT2D eigenvalue weighted by Crippen LogP contribution is -2.40. The van der Waals surface area contributed by atoms with Crippen LogP contribution in [0.2, 0.25) is 0 Å². The average molecular weight is 247 g/mol. The summed E-state index contributed by atoms with van der Waals surface area (Å²) in [6.45, 7) is 8.43. The van der Waals surface area contributed by atoms with Crippen LogP contribution in [-0.4, -0.2) is 22.3 Å². The summed E-state index contributed by atoms with van der Waals surface area (Å²) in [5, 5.41) is 20.8. The van der Waals surface area contributed by atoms with Gasteiger partial charge in [-0.3, -0.25) is 0 Å². The van der Waals surface area contributed by atoms with E-state index in [0.29, 0.717) is 17.9 Å². The van der Waals surface area contributed by atoms with Gasteiger partial charge in [0.1, 0.15) is 11.6 Å². The minimum atomic E-state index is -0.307. The number of rotatable bonds is 5. The molecule has 1 rings (SSSR count). The van der Waals surface area contributed by atoms with Crippen LogP contribution >= 0.6 is 0 Å². The van der Waals surface area contributed by atoms with Crippen LogP contribution in [0, 0.1) is 11.3 Å². The highest BCUT2D eigenvalue weighted by molar-refractivity contribution is 5.57. The Hall–Kier alpha value is -1.67. The van der Waals surface area contributed by atoms with Crippen molar-refractivity contribution < 1.29 is 0 Å². The van der Waals surface area contributed by atoms with Gasteiger partial charge in [-0.15, -0.1) is 5.10 Å². The van der Waals surface area contributed by atoms with Crippen molar-refractivity contribution in [2.45, 2.75) is 46.1 Å². The Morgan fingerprint density at radius 3 is 2.39 bits per heavy atom. The molecule has 18 heavy (non-hydrogen) atoms. The van der Waals surface area contributed by atoms with E-state index >= 15 is 0 Å². The molecule has 0 aromatic carbocycles. The molecule has 1 aromatic rings. The van der Waals surface area contributed by atoms with Crippen LogP contribution in [0.25, 0.3) is 0 Å². The molecule has 0 saturated carbocycles. The zero-order valence-electron chi connectivity index (χ0n) is 11.5. The van der Waals surface area contributed by atoms with Crippen LogP contribution in [0.4, 0.5) is 5.82 Å². The smallest absolute Gasteiger partial charge is 0.167 e. The zero-order chi connectivity index (χ0) is 13.8. The summed E-state index contributed by atoms with van der Waals surface area (Å²) in [4.78, 5) is 0. The van der Waals surface area contributed by atoms with Crippen LogP contribution in [0.15, 0.2) is 0 Å². The fraction of sp³-hybridized carbons (Fsp3) is 0.615. The summed E-state index contributed by atoms with van der Waals surface area (Å²) >= 11 is 0. The number of hydrogen-bond donors (Lipinski definition) is 2. The molecule has 0 aliphatic carbocycles. The topological polar surface area (TPSA) is 87.6 Å². The number of hydrogen-bond acceptors (Lipinski definition) is 5. The van der Waals surface area contributed by atoms with E-state index in [4.69, 9.17) is 5.73 Å². The minimum Gasteiger partial charge on any atom is -0.361 e. The maximum absolute atomic E-state index is 9.33.